The third kappa shape index (κ3) is 4.02. The first-order chi connectivity index (χ1) is 10.3. The van der Waals surface area contributed by atoms with Crippen LogP contribution in [0.4, 0.5) is 0 Å². The molecule has 1 saturated carbocycles. The van der Waals surface area contributed by atoms with Gasteiger partial charge in [0.25, 0.3) is 5.91 Å². The predicted octanol–water partition coefficient (Wildman–Crippen LogP) is 2.08. The third-order valence-corrected chi connectivity index (χ3v) is 6.22. The van der Waals surface area contributed by atoms with E-state index in [-0.39, 0.29) is 16.8 Å². The zero-order chi connectivity index (χ0) is 16.3. The van der Waals surface area contributed by atoms with Crippen molar-refractivity contribution in [2.45, 2.75) is 42.4 Å². The highest BCUT2D eigenvalue weighted by atomic mass is 32.2. The van der Waals surface area contributed by atoms with E-state index in [4.69, 9.17) is 5.14 Å². The van der Waals surface area contributed by atoms with Crippen LogP contribution >= 0.6 is 11.8 Å². The van der Waals surface area contributed by atoms with Crippen LogP contribution in [0.1, 0.15) is 36.5 Å². The largest absolute Gasteiger partial charge is 0.339 e. The van der Waals surface area contributed by atoms with Gasteiger partial charge in [0, 0.05) is 23.9 Å². The van der Waals surface area contributed by atoms with Crippen LogP contribution in [0.2, 0.25) is 0 Å². The highest BCUT2D eigenvalue weighted by Crippen LogP contribution is 2.32. The molecular weight excluding hydrogens is 320 g/mol. The molecule has 0 aliphatic heterocycles. The number of benzene rings is 1. The van der Waals surface area contributed by atoms with Crippen molar-refractivity contribution >= 4 is 27.7 Å². The lowest BCUT2D eigenvalue weighted by Gasteiger charge is -2.25. The van der Waals surface area contributed by atoms with E-state index in [1.54, 1.807) is 4.90 Å². The number of nitrogens with zero attached hydrogens (tertiary/aromatic N) is 1. The highest BCUT2D eigenvalue weighted by Gasteiger charge is 2.30. The lowest BCUT2D eigenvalue weighted by atomic mass is 10.1. The molecule has 1 aliphatic carbocycles. The van der Waals surface area contributed by atoms with Crippen LogP contribution in [0.5, 0.6) is 0 Å². The number of nitrogens with two attached hydrogens (primary N) is 1. The first kappa shape index (κ1) is 17.3. The van der Waals surface area contributed by atoms with E-state index in [9.17, 15) is 13.2 Å². The number of carbonyl (C=O) groups excluding carboxylic acids is 1. The minimum Gasteiger partial charge on any atom is -0.339 e. The smallest absolute Gasteiger partial charge is 0.253 e. The Morgan fingerprint density at radius 1 is 1.32 bits per heavy atom. The van der Waals surface area contributed by atoms with Gasteiger partial charge in [-0.3, -0.25) is 4.79 Å². The summed E-state index contributed by atoms with van der Waals surface area (Å²) < 4.78 is 22.5. The van der Waals surface area contributed by atoms with Gasteiger partial charge in [0.05, 0.1) is 4.90 Å². The minimum absolute atomic E-state index is 0.0204. The fourth-order valence-electron chi connectivity index (χ4n) is 2.81. The molecule has 22 heavy (non-hydrogen) atoms. The van der Waals surface area contributed by atoms with Crippen LogP contribution < -0.4 is 5.14 Å². The van der Waals surface area contributed by atoms with Crippen LogP contribution in [0.3, 0.4) is 0 Å². The van der Waals surface area contributed by atoms with Gasteiger partial charge in [0.15, 0.2) is 0 Å². The van der Waals surface area contributed by atoms with Gasteiger partial charge in [-0.1, -0.05) is 6.92 Å². The number of rotatable bonds is 5. The lowest BCUT2D eigenvalue weighted by Crippen LogP contribution is -2.35. The average Bonchev–Trinajstić information content (AvgIpc) is 2.94. The molecular formula is C15H22N2O3S2. The molecule has 1 aromatic rings. The molecule has 0 aromatic heterocycles. The summed E-state index contributed by atoms with van der Waals surface area (Å²) in [5, 5.41) is 5.69. The van der Waals surface area contributed by atoms with Crippen molar-refractivity contribution in [2.24, 2.45) is 5.14 Å². The molecule has 1 amide bonds. The molecule has 1 fully saturated rings. The molecule has 2 N–H and O–H groups in total. The van der Waals surface area contributed by atoms with E-state index in [0.717, 1.165) is 25.0 Å². The molecule has 1 aromatic carbocycles. The van der Waals surface area contributed by atoms with Crippen molar-refractivity contribution in [3.63, 3.8) is 0 Å². The van der Waals surface area contributed by atoms with Gasteiger partial charge in [-0.15, -0.1) is 0 Å². The number of thioether (sulfide) groups is 1. The van der Waals surface area contributed by atoms with Gasteiger partial charge in [0.1, 0.15) is 0 Å². The topological polar surface area (TPSA) is 80.5 Å². The van der Waals surface area contributed by atoms with E-state index in [1.807, 2.05) is 18.8 Å². The molecule has 5 nitrogen and oxygen atoms in total. The van der Waals surface area contributed by atoms with E-state index < -0.39 is 10.0 Å². The third-order valence-electron chi connectivity index (χ3n) is 4.06. The fourth-order valence-corrected chi connectivity index (χ4v) is 4.46. The van der Waals surface area contributed by atoms with Gasteiger partial charge in [-0.05, 0) is 49.3 Å². The van der Waals surface area contributed by atoms with Crippen LogP contribution in [0, 0.1) is 0 Å². The number of carbonyl (C=O) groups is 1. The van der Waals surface area contributed by atoms with Gasteiger partial charge >= 0.3 is 0 Å². The monoisotopic (exact) mass is 342 g/mol. The Kier molecular flexibility index (Phi) is 5.52. The average molecular weight is 342 g/mol. The van der Waals surface area contributed by atoms with Gasteiger partial charge in [-0.25, -0.2) is 13.6 Å². The van der Waals surface area contributed by atoms with Crippen molar-refractivity contribution < 1.29 is 13.2 Å². The second-order valence-corrected chi connectivity index (χ2v) is 8.67. The summed E-state index contributed by atoms with van der Waals surface area (Å²) >= 11 is 1.95. The second kappa shape index (κ2) is 7.02. The van der Waals surface area contributed by atoms with Gasteiger partial charge in [-0.2, -0.15) is 11.8 Å². The van der Waals surface area contributed by atoms with Crippen molar-refractivity contribution in [1.29, 1.82) is 0 Å². The maximum atomic E-state index is 12.5. The Balaban J connectivity index is 2.05. The number of hydrogen-bond donors (Lipinski definition) is 1. The quantitative estimate of drug-likeness (QED) is 0.888. The summed E-state index contributed by atoms with van der Waals surface area (Å²) in [6.07, 6.45) is 3.19. The Labute approximate surface area is 136 Å². The Bertz CT molecular complexity index is 629. The first-order valence-corrected chi connectivity index (χ1v) is 9.94. The molecule has 2 rings (SSSR count). The van der Waals surface area contributed by atoms with Crippen molar-refractivity contribution in [2.75, 3.05) is 12.8 Å². The predicted molar refractivity (Wildman–Crippen MR) is 89.5 cm³/mol. The molecule has 0 spiro atoms. The number of amides is 1. The van der Waals surface area contributed by atoms with Crippen molar-refractivity contribution in [1.82, 2.24) is 4.90 Å². The number of primary sulfonamides is 1. The molecule has 0 heterocycles. The van der Waals surface area contributed by atoms with E-state index in [1.165, 1.54) is 24.3 Å². The summed E-state index contributed by atoms with van der Waals surface area (Å²) in [5.74, 6) is 1.03. The Morgan fingerprint density at radius 3 is 2.50 bits per heavy atom. The molecule has 2 atom stereocenters. The first-order valence-electron chi connectivity index (χ1n) is 7.34. The van der Waals surface area contributed by atoms with Gasteiger partial charge < -0.3 is 4.90 Å². The summed E-state index contributed by atoms with van der Waals surface area (Å²) in [7, 11) is -1.90. The summed E-state index contributed by atoms with van der Waals surface area (Å²) in [6.45, 7) is 2.15. The van der Waals surface area contributed by atoms with Crippen molar-refractivity contribution in [3.05, 3.63) is 29.8 Å². The maximum Gasteiger partial charge on any atom is 0.253 e. The van der Waals surface area contributed by atoms with E-state index >= 15 is 0 Å². The van der Waals surface area contributed by atoms with E-state index in [2.05, 4.69) is 6.92 Å². The molecule has 0 unspecified atom stereocenters. The molecule has 122 valence electrons. The Morgan fingerprint density at radius 2 is 1.95 bits per heavy atom. The Hall–Kier alpha value is -1.05. The van der Waals surface area contributed by atoms with Crippen LogP contribution in [0.25, 0.3) is 0 Å². The maximum absolute atomic E-state index is 12.5. The van der Waals surface area contributed by atoms with Gasteiger partial charge in [0.2, 0.25) is 10.0 Å². The van der Waals surface area contributed by atoms with Crippen LogP contribution in [-0.2, 0) is 10.0 Å². The van der Waals surface area contributed by atoms with Crippen molar-refractivity contribution in [3.8, 4) is 0 Å². The highest BCUT2D eigenvalue weighted by molar-refractivity contribution is 7.99. The summed E-state index contributed by atoms with van der Waals surface area (Å²) in [6, 6.07) is 6.05. The zero-order valence-electron chi connectivity index (χ0n) is 12.9. The summed E-state index contributed by atoms with van der Waals surface area (Å²) in [4.78, 5) is 14.3. The standard InChI is InChI=1S/C15H22N2O3S2/c1-3-21-13-7-6-12(10-13)17(2)15(18)11-4-8-14(9-5-11)22(16,19)20/h4-5,8-9,12-13H,3,6-7,10H2,1-2H3,(H2,16,19,20)/t12-,13+/m1/s1. The number of sulfonamides is 1. The van der Waals surface area contributed by atoms with Crippen LogP contribution in [-0.4, -0.2) is 43.3 Å². The number of hydrogen-bond acceptors (Lipinski definition) is 4. The molecule has 1 aliphatic rings. The fraction of sp³-hybridized carbons (Fsp3) is 0.533. The molecule has 0 bridgehead atoms. The normalized spacial score (nSPS) is 21.8. The molecule has 0 radical (unpaired) electrons. The second-order valence-electron chi connectivity index (χ2n) is 5.53. The van der Waals surface area contributed by atoms with E-state index in [0.29, 0.717) is 10.8 Å². The molecule has 0 saturated heterocycles. The SMILES string of the molecule is CCS[C@H]1CC[C@@H](N(C)C(=O)c2ccc(S(N)(=O)=O)cc2)C1. The van der Waals surface area contributed by atoms with Crippen LogP contribution in [0.15, 0.2) is 29.2 Å². The lowest BCUT2D eigenvalue weighted by molar-refractivity contribution is 0.0735. The summed E-state index contributed by atoms with van der Waals surface area (Å²) in [5.41, 5.74) is 0.487. The minimum atomic E-state index is -3.72. The zero-order valence-corrected chi connectivity index (χ0v) is 14.5. The molecule has 7 heteroatoms.